The van der Waals surface area contributed by atoms with E-state index >= 15 is 0 Å². The van der Waals surface area contributed by atoms with Crippen LogP contribution < -0.4 is 0 Å². The van der Waals surface area contributed by atoms with Gasteiger partial charge in [-0.2, -0.15) is 0 Å². The van der Waals surface area contributed by atoms with Gasteiger partial charge in [0.15, 0.2) is 0 Å². The van der Waals surface area contributed by atoms with E-state index in [1.807, 2.05) is 30.3 Å². The van der Waals surface area contributed by atoms with Crippen LogP contribution in [-0.4, -0.2) is 10.4 Å². The SMILES string of the molecule is O=C(CCCCCCCCCCCCCCCI)OCc1ccccc1. The maximum atomic E-state index is 11.7. The molecule has 0 heterocycles. The molecule has 0 bridgehead atoms. The second kappa shape index (κ2) is 17.8. The highest BCUT2D eigenvalue weighted by molar-refractivity contribution is 14.1. The number of carbonyl (C=O) groups excluding carboxylic acids is 1. The zero-order valence-electron chi connectivity index (χ0n) is 16.4. The van der Waals surface area contributed by atoms with E-state index in [4.69, 9.17) is 4.74 Å². The number of hydrogen-bond acceptors (Lipinski definition) is 2. The van der Waals surface area contributed by atoms with Gasteiger partial charge in [0.05, 0.1) is 0 Å². The average Bonchev–Trinajstić information content (AvgIpc) is 2.67. The number of rotatable bonds is 17. The van der Waals surface area contributed by atoms with E-state index in [1.54, 1.807) is 0 Å². The van der Waals surface area contributed by atoms with Crippen molar-refractivity contribution in [3.8, 4) is 0 Å². The molecule has 0 radical (unpaired) electrons. The molecule has 0 aromatic heterocycles. The number of ether oxygens (including phenoxy) is 1. The van der Waals surface area contributed by atoms with Gasteiger partial charge < -0.3 is 4.74 Å². The predicted molar refractivity (Wildman–Crippen MR) is 120 cm³/mol. The molecular weight excluding hydrogens is 435 g/mol. The first kappa shape index (κ1) is 23.5. The second-order valence-electron chi connectivity index (χ2n) is 7.18. The maximum absolute atomic E-state index is 11.7. The van der Waals surface area contributed by atoms with Gasteiger partial charge >= 0.3 is 5.97 Å². The maximum Gasteiger partial charge on any atom is 0.306 e. The van der Waals surface area contributed by atoms with Crippen LogP contribution in [0.1, 0.15) is 95.5 Å². The minimum absolute atomic E-state index is 0.0626. The molecule has 0 aliphatic heterocycles. The van der Waals surface area contributed by atoms with Gasteiger partial charge in [0.25, 0.3) is 0 Å². The Kier molecular flexibility index (Phi) is 16.1. The Morgan fingerprint density at radius 1 is 0.692 bits per heavy atom. The van der Waals surface area contributed by atoms with Gasteiger partial charge in [-0.1, -0.05) is 124 Å². The first-order valence-corrected chi connectivity index (χ1v) is 12.1. The topological polar surface area (TPSA) is 26.3 Å². The first-order chi connectivity index (χ1) is 12.8. The van der Waals surface area contributed by atoms with Gasteiger partial charge in [0.2, 0.25) is 0 Å². The first-order valence-electron chi connectivity index (χ1n) is 10.6. The highest BCUT2D eigenvalue weighted by Crippen LogP contribution is 2.13. The quantitative estimate of drug-likeness (QED) is 0.101. The molecule has 0 saturated heterocycles. The lowest BCUT2D eigenvalue weighted by Crippen LogP contribution is -2.04. The van der Waals surface area contributed by atoms with Crippen molar-refractivity contribution in [3.63, 3.8) is 0 Å². The molecule has 0 unspecified atom stereocenters. The van der Waals surface area contributed by atoms with E-state index < -0.39 is 0 Å². The fraction of sp³-hybridized carbons (Fsp3) is 0.696. The molecule has 0 N–H and O–H groups in total. The minimum atomic E-state index is -0.0626. The van der Waals surface area contributed by atoms with Crippen LogP contribution >= 0.6 is 22.6 Å². The smallest absolute Gasteiger partial charge is 0.306 e. The Labute approximate surface area is 174 Å². The van der Waals surface area contributed by atoms with Crippen LogP contribution in [0.5, 0.6) is 0 Å². The standard InChI is InChI=1S/C23H37IO2/c24-20-16-11-9-7-5-3-1-2-4-6-8-10-15-19-23(25)26-21-22-17-13-12-14-18-22/h12-14,17-18H,1-11,15-16,19-21H2. The zero-order valence-corrected chi connectivity index (χ0v) is 18.6. The Hall–Kier alpha value is -0.580. The summed E-state index contributed by atoms with van der Waals surface area (Å²) in [6, 6.07) is 9.88. The summed E-state index contributed by atoms with van der Waals surface area (Å²) in [5.74, 6) is -0.0626. The normalized spacial score (nSPS) is 10.8. The summed E-state index contributed by atoms with van der Waals surface area (Å²) in [6.45, 7) is 0.401. The van der Waals surface area contributed by atoms with Crippen LogP contribution in [0.2, 0.25) is 0 Å². The summed E-state index contributed by atoms with van der Waals surface area (Å²) >= 11 is 2.47. The van der Waals surface area contributed by atoms with Crippen LogP contribution in [0.3, 0.4) is 0 Å². The Morgan fingerprint density at radius 3 is 1.65 bits per heavy atom. The number of carbonyl (C=O) groups is 1. The van der Waals surface area contributed by atoms with E-state index in [1.165, 1.54) is 75.1 Å². The van der Waals surface area contributed by atoms with Gasteiger partial charge in [-0.05, 0) is 22.8 Å². The molecule has 26 heavy (non-hydrogen) atoms. The molecule has 148 valence electrons. The van der Waals surface area contributed by atoms with Crippen molar-refractivity contribution in [1.82, 2.24) is 0 Å². The molecule has 3 heteroatoms. The van der Waals surface area contributed by atoms with Crippen molar-refractivity contribution in [2.45, 2.75) is 96.5 Å². The molecule has 0 aliphatic carbocycles. The average molecular weight is 472 g/mol. The van der Waals surface area contributed by atoms with Crippen LogP contribution in [-0.2, 0) is 16.1 Å². The van der Waals surface area contributed by atoms with Crippen molar-refractivity contribution in [2.24, 2.45) is 0 Å². The van der Waals surface area contributed by atoms with Gasteiger partial charge in [-0.3, -0.25) is 4.79 Å². The Balaban J connectivity index is 1.78. The lowest BCUT2D eigenvalue weighted by Gasteiger charge is -2.05. The lowest BCUT2D eigenvalue weighted by molar-refractivity contribution is -0.145. The summed E-state index contributed by atoms with van der Waals surface area (Å²) in [5.41, 5.74) is 1.06. The van der Waals surface area contributed by atoms with Crippen LogP contribution in [0.25, 0.3) is 0 Å². The highest BCUT2D eigenvalue weighted by atomic mass is 127. The molecule has 1 rings (SSSR count). The molecule has 0 spiro atoms. The minimum Gasteiger partial charge on any atom is -0.461 e. The molecule has 0 fully saturated rings. The molecule has 0 atom stereocenters. The third-order valence-electron chi connectivity index (χ3n) is 4.76. The van der Waals surface area contributed by atoms with E-state index in [9.17, 15) is 4.79 Å². The fourth-order valence-corrected chi connectivity index (χ4v) is 3.66. The third-order valence-corrected chi connectivity index (χ3v) is 5.52. The number of alkyl halides is 1. The van der Waals surface area contributed by atoms with Gasteiger partial charge in [0.1, 0.15) is 6.61 Å². The number of unbranched alkanes of at least 4 members (excludes halogenated alkanes) is 12. The van der Waals surface area contributed by atoms with Crippen molar-refractivity contribution < 1.29 is 9.53 Å². The summed E-state index contributed by atoms with van der Waals surface area (Å²) in [7, 11) is 0. The summed E-state index contributed by atoms with van der Waals surface area (Å²) in [4.78, 5) is 11.7. The van der Waals surface area contributed by atoms with E-state index in [0.717, 1.165) is 18.4 Å². The van der Waals surface area contributed by atoms with Gasteiger partial charge in [-0.25, -0.2) is 0 Å². The summed E-state index contributed by atoms with van der Waals surface area (Å²) in [6.07, 6.45) is 17.9. The third kappa shape index (κ3) is 14.6. The lowest BCUT2D eigenvalue weighted by atomic mass is 10.0. The molecular formula is C23H37IO2. The van der Waals surface area contributed by atoms with Crippen molar-refractivity contribution in [2.75, 3.05) is 4.43 Å². The molecule has 0 amide bonds. The Morgan fingerprint density at radius 2 is 1.15 bits per heavy atom. The van der Waals surface area contributed by atoms with Crippen LogP contribution in [0.15, 0.2) is 30.3 Å². The summed E-state index contributed by atoms with van der Waals surface area (Å²) < 4.78 is 6.61. The van der Waals surface area contributed by atoms with Crippen molar-refractivity contribution >= 4 is 28.6 Å². The molecule has 1 aromatic rings. The molecule has 2 nitrogen and oxygen atoms in total. The highest BCUT2D eigenvalue weighted by Gasteiger charge is 2.03. The number of esters is 1. The van der Waals surface area contributed by atoms with Crippen molar-refractivity contribution in [1.29, 1.82) is 0 Å². The zero-order chi connectivity index (χ0) is 18.7. The second-order valence-corrected chi connectivity index (χ2v) is 8.26. The molecule has 0 saturated carbocycles. The largest absolute Gasteiger partial charge is 0.461 e. The molecule has 0 aliphatic rings. The summed E-state index contributed by atoms with van der Waals surface area (Å²) in [5, 5.41) is 0. The van der Waals surface area contributed by atoms with E-state index in [2.05, 4.69) is 22.6 Å². The van der Waals surface area contributed by atoms with Gasteiger partial charge in [-0.15, -0.1) is 0 Å². The van der Waals surface area contributed by atoms with E-state index in [-0.39, 0.29) is 5.97 Å². The van der Waals surface area contributed by atoms with Crippen LogP contribution in [0, 0.1) is 0 Å². The monoisotopic (exact) mass is 472 g/mol. The number of benzene rings is 1. The van der Waals surface area contributed by atoms with E-state index in [0.29, 0.717) is 13.0 Å². The van der Waals surface area contributed by atoms with Crippen LogP contribution in [0.4, 0.5) is 0 Å². The number of halogens is 1. The number of hydrogen-bond donors (Lipinski definition) is 0. The van der Waals surface area contributed by atoms with Crippen molar-refractivity contribution in [3.05, 3.63) is 35.9 Å². The fourth-order valence-electron chi connectivity index (χ4n) is 3.12. The predicted octanol–water partition coefficient (Wildman–Crippen LogP) is 7.63. The Bertz CT molecular complexity index is 433. The molecule has 1 aromatic carbocycles. The van der Waals surface area contributed by atoms with Gasteiger partial charge in [0, 0.05) is 6.42 Å².